The minimum Gasteiger partial charge on any atom is -0.301 e. The summed E-state index contributed by atoms with van der Waals surface area (Å²) in [7, 11) is 0. The lowest BCUT2D eigenvalue weighted by atomic mass is 9.87. The van der Waals surface area contributed by atoms with Crippen molar-refractivity contribution < 1.29 is 14.4 Å². The summed E-state index contributed by atoms with van der Waals surface area (Å²) in [5.74, 6) is -0.955. The molecule has 0 aromatic heterocycles. The summed E-state index contributed by atoms with van der Waals surface area (Å²) in [4.78, 5) is 45.8. The van der Waals surface area contributed by atoms with Gasteiger partial charge >= 0.3 is 0 Å². The van der Waals surface area contributed by atoms with Crippen molar-refractivity contribution in [2.24, 2.45) is 10.1 Å². The zero-order chi connectivity index (χ0) is 28.9. The smallest absolute Gasteiger partial charge is 0.279 e. The number of amidine groups is 2. The van der Waals surface area contributed by atoms with Crippen molar-refractivity contribution in [3.8, 4) is 22.3 Å². The maximum atomic E-state index is 13.9. The van der Waals surface area contributed by atoms with Gasteiger partial charge in [0.2, 0.25) is 0 Å². The van der Waals surface area contributed by atoms with Crippen LogP contribution in [0.2, 0.25) is 0 Å². The maximum absolute atomic E-state index is 13.9. The fourth-order valence-corrected chi connectivity index (χ4v) is 8.94. The highest BCUT2D eigenvalue weighted by molar-refractivity contribution is 8.31. The first kappa shape index (κ1) is 24.8. The van der Waals surface area contributed by atoms with E-state index in [2.05, 4.69) is 26.3 Å². The molecule has 5 aliphatic rings. The van der Waals surface area contributed by atoms with Crippen molar-refractivity contribution in [1.29, 1.82) is 0 Å². The van der Waals surface area contributed by atoms with Crippen LogP contribution in [0.15, 0.2) is 107 Å². The number of nitrogens with one attached hydrogen (secondary N) is 3. The van der Waals surface area contributed by atoms with Crippen LogP contribution in [0.25, 0.3) is 22.3 Å². The molecule has 2 aliphatic carbocycles. The van der Waals surface area contributed by atoms with Gasteiger partial charge in [-0.2, -0.15) is 10.1 Å². The monoisotopic (exact) mass is 600 g/mol. The summed E-state index contributed by atoms with van der Waals surface area (Å²) in [6.07, 6.45) is 0. The van der Waals surface area contributed by atoms with Gasteiger partial charge in [-0.15, -0.1) is 0 Å². The average Bonchev–Trinajstić information content (AvgIpc) is 3.61. The molecule has 9 rings (SSSR count). The molecule has 0 bridgehead atoms. The maximum Gasteiger partial charge on any atom is 0.279 e. The number of hydrazone groups is 1. The standard InChI is InChI=1S/C32H20N6O3S2/c39-25-26(42-29-33-27(40)31(36-35-29)21-13-5-1-9-17(21)18-10-2-6-14-22(18)31)43-30-34-28(41)32(37-38(25)30)23-15-7-3-11-19(23)20-12-4-8-16-24(20)32/h1-16,26,36-37H,(H,33,35,40). The molecule has 43 heavy (non-hydrogen) atoms. The Labute approximate surface area is 253 Å². The normalized spacial score (nSPS) is 21.3. The van der Waals surface area contributed by atoms with E-state index in [-0.39, 0.29) is 28.1 Å². The van der Waals surface area contributed by atoms with E-state index in [0.29, 0.717) is 0 Å². The molecule has 3 heterocycles. The van der Waals surface area contributed by atoms with Gasteiger partial charge in [0, 0.05) is 11.1 Å². The highest BCUT2D eigenvalue weighted by Crippen LogP contribution is 2.51. The molecule has 1 atom stereocenters. The number of carbonyl (C=O) groups excluding carboxylic acids is 3. The second kappa shape index (κ2) is 8.66. The lowest BCUT2D eigenvalue weighted by molar-refractivity contribution is -0.133. The van der Waals surface area contributed by atoms with Crippen molar-refractivity contribution in [2.75, 3.05) is 0 Å². The number of hydrazine groups is 1. The molecule has 4 aromatic carbocycles. The quantitative estimate of drug-likeness (QED) is 0.304. The Morgan fingerprint density at radius 3 is 1.70 bits per heavy atom. The van der Waals surface area contributed by atoms with E-state index in [1.807, 2.05) is 97.1 Å². The van der Waals surface area contributed by atoms with E-state index in [1.165, 1.54) is 5.01 Å². The van der Waals surface area contributed by atoms with E-state index in [4.69, 9.17) is 0 Å². The van der Waals surface area contributed by atoms with Crippen LogP contribution in [0.3, 0.4) is 0 Å². The van der Waals surface area contributed by atoms with Gasteiger partial charge in [0.25, 0.3) is 17.7 Å². The van der Waals surface area contributed by atoms with Gasteiger partial charge in [0.15, 0.2) is 21.4 Å². The van der Waals surface area contributed by atoms with E-state index in [1.54, 1.807) is 0 Å². The summed E-state index contributed by atoms with van der Waals surface area (Å²) >= 11 is 2.26. The average molecular weight is 601 g/mol. The number of carbonyl (C=O) groups is 3. The van der Waals surface area contributed by atoms with Crippen molar-refractivity contribution in [3.05, 3.63) is 119 Å². The lowest BCUT2D eigenvalue weighted by Crippen LogP contribution is -2.61. The molecular weight excluding hydrogens is 581 g/mol. The molecule has 2 spiro atoms. The fraction of sp³-hybridized carbons (Fsp3) is 0.0938. The molecule has 3 N–H and O–H groups in total. The molecule has 0 radical (unpaired) electrons. The summed E-state index contributed by atoms with van der Waals surface area (Å²) in [5.41, 5.74) is 10.9. The van der Waals surface area contributed by atoms with Crippen molar-refractivity contribution in [2.45, 2.75) is 15.7 Å². The number of thioether (sulfide) groups is 2. The Hall–Kier alpha value is -4.71. The van der Waals surface area contributed by atoms with Gasteiger partial charge in [-0.3, -0.25) is 19.8 Å². The van der Waals surface area contributed by atoms with E-state index < -0.39 is 15.7 Å². The zero-order valence-corrected chi connectivity index (χ0v) is 23.8. The molecule has 9 nitrogen and oxygen atoms in total. The zero-order valence-electron chi connectivity index (χ0n) is 22.2. The van der Waals surface area contributed by atoms with E-state index >= 15 is 0 Å². The number of hydrogen-bond donors (Lipinski definition) is 3. The van der Waals surface area contributed by atoms with Crippen LogP contribution in [0.5, 0.6) is 0 Å². The summed E-state index contributed by atoms with van der Waals surface area (Å²) in [6, 6.07) is 30.9. The predicted octanol–water partition coefficient (Wildman–Crippen LogP) is 3.86. The second-order valence-electron chi connectivity index (χ2n) is 10.7. The molecule has 208 valence electrons. The first-order valence-corrected chi connectivity index (χ1v) is 15.4. The van der Waals surface area contributed by atoms with Crippen molar-refractivity contribution in [1.82, 2.24) is 21.2 Å². The molecule has 4 aromatic rings. The van der Waals surface area contributed by atoms with E-state index in [9.17, 15) is 14.4 Å². The number of amides is 3. The first-order valence-electron chi connectivity index (χ1n) is 13.7. The van der Waals surface area contributed by atoms with Gasteiger partial charge in [0.05, 0.1) is 0 Å². The van der Waals surface area contributed by atoms with Gasteiger partial charge in [-0.05, 0) is 33.4 Å². The van der Waals surface area contributed by atoms with Crippen LogP contribution in [0, 0.1) is 0 Å². The van der Waals surface area contributed by atoms with Gasteiger partial charge < -0.3 is 5.32 Å². The number of nitrogens with zero attached hydrogens (tertiary/aromatic N) is 3. The van der Waals surface area contributed by atoms with E-state index in [0.717, 1.165) is 68.0 Å². The third kappa shape index (κ3) is 3.11. The molecule has 11 heteroatoms. The molecular formula is C32H20N6O3S2. The Morgan fingerprint density at radius 1 is 0.698 bits per heavy atom. The number of aliphatic imine (C=N–C) groups is 1. The molecule has 3 amide bonds. The summed E-state index contributed by atoms with van der Waals surface area (Å²) in [6.45, 7) is 0. The largest absolute Gasteiger partial charge is 0.301 e. The minimum absolute atomic E-state index is 0.265. The van der Waals surface area contributed by atoms with Crippen molar-refractivity contribution >= 4 is 51.6 Å². The Bertz CT molecular complexity index is 1930. The fourth-order valence-electron chi connectivity index (χ4n) is 6.79. The van der Waals surface area contributed by atoms with Crippen LogP contribution in [-0.2, 0) is 25.5 Å². The Kier molecular flexibility index (Phi) is 5.01. The third-order valence-electron chi connectivity index (χ3n) is 8.63. The number of hydrogen-bond acceptors (Lipinski definition) is 8. The van der Waals surface area contributed by atoms with Crippen LogP contribution in [0.1, 0.15) is 22.3 Å². The molecule has 3 aliphatic heterocycles. The number of benzene rings is 4. The topological polar surface area (TPSA) is 115 Å². The van der Waals surface area contributed by atoms with Crippen LogP contribution < -0.4 is 16.2 Å². The van der Waals surface area contributed by atoms with Crippen molar-refractivity contribution in [3.63, 3.8) is 0 Å². The summed E-state index contributed by atoms with van der Waals surface area (Å²) in [5, 5.41) is 9.40. The van der Waals surface area contributed by atoms with Crippen LogP contribution in [0.4, 0.5) is 0 Å². The predicted molar refractivity (Wildman–Crippen MR) is 165 cm³/mol. The highest BCUT2D eigenvalue weighted by atomic mass is 32.2. The van der Waals surface area contributed by atoms with Gasteiger partial charge in [-0.25, -0.2) is 10.4 Å². The minimum atomic E-state index is -1.31. The number of fused-ring (bicyclic) bond motifs is 11. The molecule has 1 saturated heterocycles. The highest BCUT2D eigenvalue weighted by Gasteiger charge is 2.57. The van der Waals surface area contributed by atoms with Gasteiger partial charge in [-0.1, -0.05) is 121 Å². The molecule has 1 fully saturated rings. The van der Waals surface area contributed by atoms with Crippen LogP contribution >= 0.6 is 23.5 Å². The second-order valence-corrected chi connectivity index (χ2v) is 13.2. The molecule has 0 saturated carbocycles. The third-order valence-corrected chi connectivity index (χ3v) is 10.9. The first-order chi connectivity index (χ1) is 21.0. The Balaban J connectivity index is 1.02. The summed E-state index contributed by atoms with van der Waals surface area (Å²) < 4.78 is -0.723. The Morgan fingerprint density at radius 2 is 1.19 bits per heavy atom. The lowest BCUT2D eigenvalue weighted by Gasteiger charge is -2.37. The number of rotatable bonds is 1. The molecule has 1 unspecified atom stereocenters. The van der Waals surface area contributed by atoms with Gasteiger partial charge in [0.1, 0.15) is 4.58 Å². The SMILES string of the molecule is O=C1C(SC2=NNC3(C(=O)N2)c2ccccc2-c2ccccc23)SC2=NC(=O)C3(NN12)c1ccccc1-c1ccccc13. The van der Waals surface area contributed by atoms with Crippen LogP contribution in [-0.4, -0.2) is 37.6 Å².